The standard InChI is InChI=1S/C22H39NO4/c1-4-6-7-11-20(24)15-13-19-14-16-21(25)23(19)17-18(3)10-8-9-12-22(26)27-5-2/h13,15,18-20,24H,4-12,14,16-17H2,1-3H3/b15-13+. The highest BCUT2D eigenvalue weighted by Crippen LogP contribution is 2.23. The van der Waals surface area contributed by atoms with Gasteiger partial charge >= 0.3 is 5.97 Å². The summed E-state index contributed by atoms with van der Waals surface area (Å²) in [7, 11) is 0. The molecule has 0 bridgehead atoms. The third kappa shape index (κ3) is 9.94. The number of carbonyl (C=O) groups excluding carboxylic acids is 2. The van der Waals surface area contributed by atoms with Gasteiger partial charge in [-0.25, -0.2) is 0 Å². The van der Waals surface area contributed by atoms with Gasteiger partial charge in [-0.15, -0.1) is 0 Å². The monoisotopic (exact) mass is 381 g/mol. The number of carbonyl (C=O) groups is 2. The summed E-state index contributed by atoms with van der Waals surface area (Å²) in [4.78, 5) is 25.6. The van der Waals surface area contributed by atoms with E-state index in [0.717, 1.165) is 57.9 Å². The highest BCUT2D eigenvalue weighted by molar-refractivity contribution is 5.79. The summed E-state index contributed by atoms with van der Waals surface area (Å²) < 4.78 is 4.94. The number of amides is 1. The molecular weight excluding hydrogens is 342 g/mol. The van der Waals surface area contributed by atoms with E-state index >= 15 is 0 Å². The molecule has 0 aromatic carbocycles. The molecule has 1 aliphatic heterocycles. The number of aliphatic hydroxyl groups is 1. The van der Waals surface area contributed by atoms with E-state index in [9.17, 15) is 14.7 Å². The number of unbranched alkanes of at least 4 members (excludes halogenated alkanes) is 3. The van der Waals surface area contributed by atoms with Crippen LogP contribution in [0.5, 0.6) is 0 Å². The fourth-order valence-corrected chi connectivity index (χ4v) is 3.57. The Hall–Kier alpha value is -1.36. The maximum absolute atomic E-state index is 12.2. The van der Waals surface area contributed by atoms with Crippen molar-refractivity contribution < 1.29 is 19.4 Å². The third-order valence-corrected chi connectivity index (χ3v) is 5.18. The van der Waals surface area contributed by atoms with Crippen molar-refractivity contribution in [2.75, 3.05) is 13.2 Å². The molecule has 1 amide bonds. The lowest BCUT2D eigenvalue weighted by Gasteiger charge is -2.26. The van der Waals surface area contributed by atoms with E-state index < -0.39 is 6.10 Å². The quantitative estimate of drug-likeness (QED) is 0.278. The van der Waals surface area contributed by atoms with Crippen LogP contribution in [0, 0.1) is 5.92 Å². The van der Waals surface area contributed by atoms with Crippen molar-refractivity contribution >= 4 is 11.9 Å². The first kappa shape index (κ1) is 23.7. The Morgan fingerprint density at radius 2 is 2.00 bits per heavy atom. The van der Waals surface area contributed by atoms with E-state index in [2.05, 4.69) is 13.8 Å². The Kier molecular flexibility index (Phi) is 12.1. The van der Waals surface area contributed by atoms with E-state index in [-0.39, 0.29) is 17.9 Å². The molecule has 1 rings (SSSR count). The van der Waals surface area contributed by atoms with Crippen LogP contribution < -0.4 is 0 Å². The predicted molar refractivity (Wildman–Crippen MR) is 108 cm³/mol. The number of likely N-dealkylation sites (tertiary alicyclic amines) is 1. The van der Waals surface area contributed by atoms with Gasteiger partial charge in [0.25, 0.3) is 0 Å². The lowest BCUT2D eigenvalue weighted by Crippen LogP contribution is -2.35. The van der Waals surface area contributed by atoms with Crippen LogP contribution in [-0.2, 0) is 14.3 Å². The summed E-state index contributed by atoms with van der Waals surface area (Å²) in [6.07, 6.45) is 12.3. The minimum absolute atomic E-state index is 0.111. The Morgan fingerprint density at radius 1 is 1.26 bits per heavy atom. The summed E-state index contributed by atoms with van der Waals surface area (Å²) in [5.41, 5.74) is 0. The fourth-order valence-electron chi connectivity index (χ4n) is 3.57. The molecule has 0 spiro atoms. The van der Waals surface area contributed by atoms with Crippen molar-refractivity contribution in [3.63, 3.8) is 0 Å². The smallest absolute Gasteiger partial charge is 0.305 e. The number of nitrogens with zero attached hydrogens (tertiary/aromatic N) is 1. The van der Waals surface area contributed by atoms with Gasteiger partial charge in [-0.3, -0.25) is 9.59 Å². The van der Waals surface area contributed by atoms with Crippen molar-refractivity contribution in [2.45, 2.75) is 97.1 Å². The van der Waals surface area contributed by atoms with Crippen LogP contribution in [-0.4, -0.2) is 47.2 Å². The van der Waals surface area contributed by atoms with Crippen LogP contribution in [0.15, 0.2) is 12.2 Å². The molecule has 3 unspecified atom stereocenters. The normalized spacial score (nSPS) is 19.6. The SMILES string of the molecule is CCCCCC(O)/C=C/C1CCC(=O)N1CC(C)CCCCC(=O)OCC. The molecule has 1 aliphatic rings. The van der Waals surface area contributed by atoms with Gasteiger partial charge in [0.05, 0.1) is 18.8 Å². The zero-order valence-electron chi connectivity index (χ0n) is 17.5. The second kappa shape index (κ2) is 13.8. The summed E-state index contributed by atoms with van der Waals surface area (Å²) >= 11 is 0. The van der Waals surface area contributed by atoms with E-state index in [1.54, 1.807) is 0 Å². The molecular formula is C22H39NO4. The van der Waals surface area contributed by atoms with Crippen LogP contribution >= 0.6 is 0 Å². The van der Waals surface area contributed by atoms with Gasteiger partial charge in [0.2, 0.25) is 5.91 Å². The predicted octanol–water partition coefficient (Wildman–Crippen LogP) is 4.23. The second-order valence-electron chi connectivity index (χ2n) is 7.76. The van der Waals surface area contributed by atoms with E-state index in [1.165, 1.54) is 0 Å². The highest BCUT2D eigenvalue weighted by Gasteiger charge is 2.29. The minimum atomic E-state index is -0.408. The van der Waals surface area contributed by atoms with Crippen LogP contribution in [0.25, 0.3) is 0 Å². The summed E-state index contributed by atoms with van der Waals surface area (Å²) in [5.74, 6) is 0.491. The van der Waals surface area contributed by atoms with Crippen molar-refractivity contribution in [1.29, 1.82) is 0 Å². The van der Waals surface area contributed by atoms with Gasteiger partial charge in [-0.05, 0) is 38.5 Å². The molecule has 1 saturated heterocycles. The van der Waals surface area contributed by atoms with Crippen LogP contribution in [0.1, 0.15) is 85.0 Å². The third-order valence-electron chi connectivity index (χ3n) is 5.18. The average Bonchev–Trinajstić information content (AvgIpc) is 2.97. The summed E-state index contributed by atoms with van der Waals surface area (Å²) in [6, 6.07) is 0.111. The van der Waals surface area contributed by atoms with Crippen molar-refractivity contribution in [3.05, 3.63) is 12.2 Å². The topological polar surface area (TPSA) is 66.8 Å². The molecule has 0 aromatic rings. The first-order valence-electron chi connectivity index (χ1n) is 10.8. The molecule has 0 radical (unpaired) electrons. The van der Waals surface area contributed by atoms with Crippen LogP contribution in [0.3, 0.4) is 0 Å². The molecule has 0 aliphatic carbocycles. The molecule has 1 N–H and O–H groups in total. The minimum Gasteiger partial charge on any atom is -0.466 e. The maximum atomic E-state index is 12.2. The summed E-state index contributed by atoms with van der Waals surface area (Å²) in [6.45, 7) is 7.33. The zero-order valence-corrected chi connectivity index (χ0v) is 17.5. The Morgan fingerprint density at radius 3 is 2.70 bits per heavy atom. The fraction of sp³-hybridized carbons (Fsp3) is 0.818. The lowest BCUT2D eigenvalue weighted by atomic mass is 10.0. The maximum Gasteiger partial charge on any atom is 0.305 e. The molecule has 5 nitrogen and oxygen atoms in total. The lowest BCUT2D eigenvalue weighted by molar-refractivity contribution is -0.143. The molecule has 1 heterocycles. The summed E-state index contributed by atoms with van der Waals surface area (Å²) in [5, 5.41) is 10.1. The average molecular weight is 382 g/mol. The Balaban J connectivity index is 2.35. The molecule has 0 saturated carbocycles. The largest absolute Gasteiger partial charge is 0.466 e. The molecule has 0 aromatic heterocycles. The number of rotatable bonds is 14. The number of ether oxygens (including phenoxy) is 1. The second-order valence-corrected chi connectivity index (χ2v) is 7.76. The number of hydrogen-bond donors (Lipinski definition) is 1. The first-order chi connectivity index (χ1) is 13.0. The van der Waals surface area contributed by atoms with E-state index in [0.29, 0.717) is 25.4 Å². The number of hydrogen-bond acceptors (Lipinski definition) is 4. The van der Waals surface area contributed by atoms with Crippen LogP contribution in [0.4, 0.5) is 0 Å². The molecule has 27 heavy (non-hydrogen) atoms. The van der Waals surface area contributed by atoms with Gasteiger partial charge in [-0.2, -0.15) is 0 Å². The molecule has 1 fully saturated rings. The highest BCUT2D eigenvalue weighted by atomic mass is 16.5. The zero-order chi connectivity index (χ0) is 20.1. The van der Waals surface area contributed by atoms with Crippen LogP contribution in [0.2, 0.25) is 0 Å². The van der Waals surface area contributed by atoms with E-state index in [4.69, 9.17) is 4.74 Å². The number of aliphatic hydroxyl groups excluding tert-OH is 1. The van der Waals surface area contributed by atoms with Gasteiger partial charge in [0.1, 0.15) is 0 Å². The van der Waals surface area contributed by atoms with Crippen molar-refractivity contribution in [1.82, 2.24) is 4.90 Å². The molecule has 156 valence electrons. The molecule has 5 heteroatoms. The van der Waals surface area contributed by atoms with Crippen molar-refractivity contribution in [3.8, 4) is 0 Å². The van der Waals surface area contributed by atoms with Crippen molar-refractivity contribution in [2.24, 2.45) is 5.92 Å². The Bertz CT molecular complexity index is 463. The van der Waals surface area contributed by atoms with Gasteiger partial charge in [0.15, 0.2) is 0 Å². The van der Waals surface area contributed by atoms with E-state index in [1.807, 2.05) is 24.0 Å². The van der Waals surface area contributed by atoms with Gasteiger partial charge < -0.3 is 14.7 Å². The van der Waals surface area contributed by atoms with Gasteiger partial charge in [0, 0.05) is 19.4 Å². The molecule has 3 atom stereocenters. The first-order valence-corrected chi connectivity index (χ1v) is 10.8. The Labute approximate surface area is 165 Å². The number of esters is 1. The van der Waals surface area contributed by atoms with Gasteiger partial charge in [-0.1, -0.05) is 51.7 Å².